The van der Waals surface area contributed by atoms with Gasteiger partial charge in [-0.3, -0.25) is 14.3 Å². The number of nitrogens with one attached hydrogen (secondary N) is 1. The van der Waals surface area contributed by atoms with Crippen LogP contribution in [0.1, 0.15) is 24.4 Å². The maximum Gasteiger partial charge on any atom is 0.416 e. The molecule has 1 aromatic carbocycles. The molecule has 34 heavy (non-hydrogen) atoms. The van der Waals surface area contributed by atoms with Crippen molar-refractivity contribution in [2.75, 3.05) is 11.1 Å². The number of anilines is 1. The van der Waals surface area contributed by atoms with E-state index in [0.29, 0.717) is 11.0 Å². The molecule has 0 aliphatic heterocycles. The van der Waals surface area contributed by atoms with Gasteiger partial charge in [0, 0.05) is 24.0 Å². The number of pyridine rings is 1. The van der Waals surface area contributed by atoms with Gasteiger partial charge in [0.05, 0.1) is 22.7 Å². The van der Waals surface area contributed by atoms with Crippen molar-refractivity contribution in [3.63, 3.8) is 0 Å². The summed E-state index contributed by atoms with van der Waals surface area (Å²) in [4.78, 5) is 20.7. The number of nitrogens with zero attached hydrogens (tertiary/aromatic N) is 7. The van der Waals surface area contributed by atoms with Crippen LogP contribution in [0.15, 0.2) is 60.5 Å². The number of thioether (sulfide) groups is 1. The van der Waals surface area contributed by atoms with Crippen LogP contribution < -0.4 is 5.32 Å². The number of amides is 1. The van der Waals surface area contributed by atoms with Crippen molar-refractivity contribution in [3.05, 3.63) is 60.9 Å². The molecule has 1 fully saturated rings. The van der Waals surface area contributed by atoms with Gasteiger partial charge in [-0.05, 0) is 43.2 Å². The summed E-state index contributed by atoms with van der Waals surface area (Å²) in [5, 5.41) is 15.6. The minimum atomic E-state index is -4.56. The van der Waals surface area contributed by atoms with Crippen LogP contribution in [0.25, 0.3) is 17.1 Å². The first kappa shape index (κ1) is 22.1. The second kappa shape index (κ2) is 8.89. The van der Waals surface area contributed by atoms with Gasteiger partial charge in [-0.2, -0.15) is 18.3 Å². The summed E-state index contributed by atoms with van der Waals surface area (Å²) in [6.07, 6.45) is 3.37. The van der Waals surface area contributed by atoms with Crippen molar-refractivity contribution < 1.29 is 18.0 Å². The predicted molar refractivity (Wildman–Crippen MR) is 117 cm³/mol. The molecule has 3 heterocycles. The van der Waals surface area contributed by atoms with Gasteiger partial charge in [0.15, 0.2) is 11.0 Å². The molecule has 0 radical (unpaired) electrons. The highest BCUT2D eigenvalue weighted by Crippen LogP contribution is 2.41. The number of aromatic nitrogens is 7. The molecule has 1 aliphatic rings. The quantitative estimate of drug-likeness (QED) is 0.394. The Balaban J connectivity index is 1.35. The molecule has 9 nitrogen and oxygen atoms in total. The standard InChI is InChI=1S/C21H17F3N8OS/c22-21(23,24)14-3-6-17(31-12-26-11-27-31)16(8-14)28-18(33)10-34-20-30-29-19(32(20)15-4-5-15)13-2-1-7-25-9-13/h1-3,6-9,11-12,15H,4-5,10H2,(H,28,33). The molecule has 13 heteroatoms. The molecular formula is C21H17F3N8OS. The highest BCUT2D eigenvalue weighted by molar-refractivity contribution is 7.99. The third-order valence-corrected chi connectivity index (χ3v) is 6.04. The van der Waals surface area contributed by atoms with Gasteiger partial charge in [-0.15, -0.1) is 10.2 Å². The van der Waals surface area contributed by atoms with Gasteiger partial charge in [-0.1, -0.05) is 11.8 Å². The molecule has 1 saturated carbocycles. The van der Waals surface area contributed by atoms with E-state index in [1.54, 1.807) is 12.4 Å². The van der Waals surface area contributed by atoms with E-state index in [1.807, 2.05) is 16.7 Å². The number of alkyl halides is 3. The molecule has 1 aliphatic carbocycles. The molecule has 0 atom stereocenters. The zero-order valence-corrected chi connectivity index (χ0v) is 18.3. The fourth-order valence-corrected chi connectivity index (χ4v) is 4.20. The summed E-state index contributed by atoms with van der Waals surface area (Å²) < 4.78 is 43.0. The number of carbonyl (C=O) groups is 1. The summed E-state index contributed by atoms with van der Waals surface area (Å²) in [6, 6.07) is 6.99. The van der Waals surface area contributed by atoms with Crippen molar-refractivity contribution >= 4 is 23.4 Å². The average Bonchev–Trinajstić information content (AvgIpc) is 3.33. The summed E-state index contributed by atoms with van der Waals surface area (Å²) in [7, 11) is 0. The lowest BCUT2D eigenvalue weighted by Crippen LogP contribution is -2.17. The fraction of sp³-hybridized carbons (Fsp3) is 0.238. The summed E-state index contributed by atoms with van der Waals surface area (Å²) >= 11 is 1.17. The molecule has 5 rings (SSSR count). The maximum atomic E-state index is 13.2. The predicted octanol–water partition coefficient (Wildman–Crippen LogP) is 4.01. The molecule has 0 spiro atoms. The van der Waals surface area contributed by atoms with Crippen LogP contribution in [0.4, 0.5) is 18.9 Å². The van der Waals surface area contributed by atoms with Crippen LogP contribution >= 0.6 is 11.8 Å². The van der Waals surface area contributed by atoms with Crippen LogP contribution in [0.5, 0.6) is 0 Å². The zero-order chi connectivity index (χ0) is 23.7. The van der Waals surface area contributed by atoms with Gasteiger partial charge in [0.1, 0.15) is 12.7 Å². The lowest BCUT2D eigenvalue weighted by molar-refractivity contribution is -0.137. The molecule has 0 saturated heterocycles. The highest BCUT2D eigenvalue weighted by Gasteiger charge is 2.32. The molecule has 1 amide bonds. The van der Waals surface area contributed by atoms with Crippen LogP contribution in [0, 0.1) is 0 Å². The normalized spacial score (nSPS) is 13.7. The highest BCUT2D eigenvalue weighted by atomic mass is 32.2. The van der Waals surface area contributed by atoms with Crippen molar-refractivity contribution in [1.29, 1.82) is 0 Å². The smallest absolute Gasteiger partial charge is 0.323 e. The molecule has 0 bridgehead atoms. The van der Waals surface area contributed by atoms with Crippen molar-refractivity contribution in [2.45, 2.75) is 30.2 Å². The van der Waals surface area contributed by atoms with Gasteiger partial charge < -0.3 is 5.32 Å². The second-order valence-electron chi connectivity index (χ2n) is 7.56. The van der Waals surface area contributed by atoms with Crippen LogP contribution in [-0.4, -0.2) is 46.2 Å². The number of carbonyl (C=O) groups excluding carboxylic acids is 1. The van der Waals surface area contributed by atoms with E-state index in [-0.39, 0.29) is 23.2 Å². The van der Waals surface area contributed by atoms with Gasteiger partial charge in [0.2, 0.25) is 5.91 Å². The van der Waals surface area contributed by atoms with E-state index in [9.17, 15) is 18.0 Å². The molecule has 174 valence electrons. The number of hydrogen-bond donors (Lipinski definition) is 1. The van der Waals surface area contributed by atoms with Crippen molar-refractivity contribution in [2.24, 2.45) is 0 Å². The maximum absolute atomic E-state index is 13.2. The Hall–Kier alpha value is -3.74. The number of hydrogen-bond acceptors (Lipinski definition) is 7. The van der Waals surface area contributed by atoms with Gasteiger partial charge in [-0.25, -0.2) is 9.67 Å². The van der Waals surface area contributed by atoms with Gasteiger partial charge in [0.25, 0.3) is 0 Å². The molecule has 4 aromatic rings. The molecule has 1 N–H and O–H groups in total. The van der Waals surface area contributed by atoms with Crippen LogP contribution in [0.3, 0.4) is 0 Å². The van der Waals surface area contributed by atoms with Gasteiger partial charge >= 0.3 is 6.18 Å². The van der Waals surface area contributed by atoms with Crippen LogP contribution in [0.2, 0.25) is 0 Å². The lowest BCUT2D eigenvalue weighted by Gasteiger charge is -2.14. The molecule has 0 unspecified atom stereocenters. The van der Waals surface area contributed by atoms with Crippen molar-refractivity contribution in [1.82, 2.24) is 34.5 Å². The minimum Gasteiger partial charge on any atom is -0.323 e. The first-order valence-corrected chi connectivity index (χ1v) is 11.2. The summed E-state index contributed by atoms with van der Waals surface area (Å²) in [6.45, 7) is 0. The molecule has 3 aromatic heterocycles. The topological polar surface area (TPSA) is 103 Å². The average molecular weight is 486 g/mol. The largest absolute Gasteiger partial charge is 0.416 e. The van der Waals surface area contributed by atoms with Crippen LogP contribution in [-0.2, 0) is 11.0 Å². The second-order valence-corrected chi connectivity index (χ2v) is 8.50. The van der Waals surface area contributed by atoms with E-state index < -0.39 is 17.6 Å². The monoisotopic (exact) mass is 486 g/mol. The fourth-order valence-electron chi connectivity index (χ4n) is 3.39. The number of halogens is 3. The third-order valence-electron chi connectivity index (χ3n) is 5.09. The first-order chi connectivity index (χ1) is 16.4. The molecular weight excluding hydrogens is 469 g/mol. The Morgan fingerprint density at radius 1 is 1.18 bits per heavy atom. The minimum absolute atomic E-state index is 0.0226. The van der Waals surface area contributed by atoms with E-state index in [4.69, 9.17) is 0 Å². The Morgan fingerprint density at radius 3 is 2.71 bits per heavy atom. The Morgan fingerprint density at radius 2 is 2.03 bits per heavy atom. The van der Waals surface area contributed by atoms with Crippen molar-refractivity contribution in [3.8, 4) is 17.1 Å². The number of rotatable bonds is 7. The SMILES string of the molecule is O=C(CSc1nnc(-c2cccnc2)n1C1CC1)Nc1cc(C(F)(F)F)ccc1-n1cncn1. The number of benzene rings is 1. The summed E-state index contributed by atoms with van der Waals surface area (Å²) in [5.41, 5.74) is 0.183. The zero-order valence-electron chi connectivity index (χ0n) is 17.5. The Bertz CT molecular complexity index is 1300. The summed E-state index contributed by atoms with van der Waals surface area (Å²) in [5.74, 6) is 0.120. The Kier molecular flexibility index (Phi) is 5.77. The Labute approximate surface area is 195 Å². The van der Waals surface area contributed by atoms with E-state index in [1.165, 1.54) is 35.2 Å². The van der Waals surface area contributed by atoms with E-state index in [0.717, 1.165) is 30.5 Å². The third kappa shape index (κ3) is 4.64. The first-order valence-electron chi connectivity index (χ1n) is 10.2. The van der Waals surface area contributed by atoms with E-state index >= 15 is 0 Å². The van der Waals surface area contributed by atoms with E-state index in [2.05, 4.69) is 30.6 Å². The lowest BCUT2D eigenvalue weighted by atomic mass is 10.1.